The monoisotopic (exact) mass is 363 g/mol. The van der Waals surface area contributed by atoms with Gasteiger partial charge in [-0.2, -0.15) is 9.82 Å². The van der Waals surface area contributed by atoms with Crippen molar-refractivity contribution in [2.45, 2.75) is 52.0 Å². The van der Waals surface area contributed by atoms with Gasteiger partial charge in [-0.15, -0.1) is 0 Å². The van der Waals surface area contributed by atoms with Crippen molar-refractivity contribution in [1.82, 2.24) is 14.5 Å². The summed E-state index contributed by atoms with van der Waals surface area (Å²) >= 11 is 0. The van der Waals surface area contributed by atoms with Crippen LogP contribution in [0.15, 0.2) is 35.2 Å². The standard InChI is InChI=1S/C18H25N3O3S/c1-12(2)10-17(18(22)21-15(5)11-14(4)19-21)20-25(23,24)16-8-6-13(3)7-9-16/h6-9,11-12,17,20H,10H2,1-5H3. The molecule has 1 heterocycles. The smallest absolute Gasteiger partial charge is 0.265 e. The number of carbonyl (C=O) groups excluding carboxylic acids is 1. The second kappa shape index (κ2) is 7.49. The maximum absolute atomic E-state index is 12.9. The van der Waals surface area contributed by atoms with Gasteiger partial charge in [0.15, 0.2) is 0 Å². The molecular formula is C18H25N3O3S. The van der Waals surface area contributed by atoms with Crippen LogP contribution in [0.3, 0.4) is 0 Å². The second-order valence-corrected chi connectivity index (χ2v) is 8.51. The van der Waals surface area contributed by atoms with Gasteiger partial charge in [-0.25, -0.2) is 13.1 Å². The van der Waals surface area contributed by atoms with E-state index in [1.807, 2.05) is 20.8 Å². The maximum atomic E-state index is 12.9. The summed E-state index contributed by atoms with van der Waals surface area (Å²) in [6.07, 6.45) is 0.391. The van der Waals surface area contributed by atoms with Crippen LogP contribution in [0, 0.1) is 26.7 Å². The predicted molar refractivity (Wildman–Crippen MR) is 97.1 cm³/mol. The van der Waals surface area contributed by atoms with E-state index in [1.54, 1.807) is 32.0 Å². The fourth-order valence-electron chi connectivity index (χ4n) is 2.64. The highest BCUT2D eigenvalue weighted by molar-refractivity contribution is 7.89. The molecule has 1 aromatic carbocycles. The van der Waals surface area contributed by atoms with Crippen molar-refractivity contribution in [2.75, 3.05) is 0 Å². The fourth-order valence-corrected chi connectivity index (χ4v) is 3.85. The first-order chi connectivity index (χ1) is 11.6. The van der Waals surface area contributed by atoms with Gasteiger partial charge in [-0.3, -0.25) is 4.79 Å². The Bertz CT molecular complexity index is 852. The zero-order valence-electron chi connectivity index (χ0n) is 15.3. The summed E-state index contributed by atoms with van der Waals surface area (Å²) in [6.45, 7) is 9.35. The van der Waals surface area contributed by atoms with Crippen LogP contribution in [0.1, 0.15) is 42.0 Å². The molecule has 136 valence electrons. The number of rotatable bonds is 6. The number of sulfonamides is 1. The number of aromatic nitrogens is 2. The van der Waals surface area contributed by atoms with Crippen molar-refractivity contribution >= 4 is 15.9 Å². The Balaban J connectivity index is 2.32. The number of nitrogens with one attached hydrogen (secondary N) is 1. The topological polar surface area (TPSA) is 81.1 Å². The molecule has 1 atom stereocenters. The third-order valence-corrected chi connectivity index (χ3v) is 5.34. The van der Waals surface area contributed by atoms with E-state index in [9.17, 15) is 13.2 Å². The number of nitrogens with zero attached hydrogens (tertiary/aromatic N) is 2. The quantitative estimate of drug-likeness (QED) is 0.856. The molecule has 0 radical (unpaired) electrons. The molecule has 1 N–H and O–H groups in total. The van der Waals surface area contributed by atoms with E-state index < -0.39 is 16.1 Å². The molecule has 0 spiro atoms. The van der Waals surface area contributed by atoms with Crippen molar-refractivity contribution in [3.8, 4) is 0 Å². The van der Waals surface area contributed by atoms with E-state index in [1.165, 1.54) is 16.8 Å². The second-order valence-electron chi connectivity index (χ2n) is 6.79. The van der Waals surface area contributed by atoms with Gasteiger partial charge in [-0.05, 0) is 51.3 Å². The summed E-state index contributed by atoms with van der Waals surface area (Å²) in [4.78, 5) is 13.0. The molecule has 25 heavy (non-hydrogen) atoms. The Morgan fingerprint density at radius 2 is 1.76 bits per heavy atom. The highest BCUT2D eigenvalue weighted by Crippen LogP contribution is 2.15. The van der Waals surface area contributed by atoms with Crippen LogP contribution in [-0.4, -0.2) is 30.1 Å². The normalized spacial score (nSPS) is 13.2. The molecule has 1 unspecified atom stereocenters. The molecule has 0 fully saturated rings. The Kier molecular flexibility index (Phi) is 5.80. The van der Waals surface area contributed by atoms with Gasteiger partial charge in [0.05, 0.1) is 10.6 Å². The van der Waals surface area contributed by atoms with E-state index in [-0.39, 0.29) is 16.7 Å². The predicted octanol–water partition coefficient (Wildman–Crippen LogP) is 2.84. The summed E-state index contributed by atoms with van der Waals surface area (Å²) < 4.78 is 29.2. The van der Waals surface area contributed by atoms with Gasteiger partial charge in [0.25, 0.3) is 5.91 Å². The van der Waals surface area contributed by atoms with Crippen molar-refractivity contribution < 1.29 is 13.2 Å². The first kappa shape index (κ1) is 19.3. The van der Waals surface area contributed by atoms with E-state index in [4.69, 9.17) is 0 Å². The lowest BCUT2D eigenvalue weighted by Gasteiger charge is -2.20. The number of carbonyl (C=O) groups is 1. The van der Waals surface area contributed by atoms with Crippen LogP contribution in [-0.2, 0) is 10.0 Å². The third kappa shape index (κ3) is 4.76. The van der Waals surface area contributed by atoms with E-state index >= 15 is 0 Å². The molecule has 0 aliphatic rings. The molecular weight excluding hydrogens is 338 g/mol. The summed E-state index contributed by atoms with van der Waals surface area (Å²) in [5, 5.41) is 4.18. The number of aryl methyl sites for hydroxylation is 3. The first-order valence-corrected chi connectivity index (χ1v) is 9.75. The highest BCUT2D eigenvalue weighted by atomic mass is 32.2. The fraction of sp³-hybridized carbons (Fsp3) is 0.444. The van der Waals surface area contributed by atoms with Crippen LogP contribution in [0.5, 0.6) is 0 Å². The van der Waals surface area contributed by atoms with E-state index in [2.05, 4.69) is 9.82 Å². The van der Waals surface area contributed by atoms with Crippen molar-refractivity contribution in [3.05, 3.63) is 47.3 Å². The zero-order valence-corrected chi connectivity index (χ0v) is 16.1. The molecule has 0 bridgehead atoms. The molecule has 6 nitrogen and oxygen atoms in total. The summed E-state index contributed by atoms with van der Waals surface area (Å²) in [5.41, 5.74) is 2.37. The Morgan fingerprint density at radius 1 is 1.16 bits per heavy atom. The molecule has 2 aromatic rings. The molecule has 0 saturated heterocycles. The van der Waals surface area contributed by atoms with Crippen LogP contribution < -0.4 is 4.72 Å². The average Bonchev–Trinajstić information content (AvgIpc) is 2.84. The maximum Gasteiger partial charge on any atom is 0.265 e. The highest BCUT2D eigenvalue weighted by Gasteiger charge is 2.28. The third-order valence-electron chi connectivity index (χ3n) is 3.85. The minimum Gasteiger partial charge on any atom is -0.271 e. The summed E-state index contributed by atoms with van der Waals surface area (Å²) in [7, 11) is -3.79. The molecule has 0 saturated carbocycles. The van der Waals surface area contributed by atoms with Crippen LogP contribution in [0.2, 0.25) is 0 Å². The Labute approximate surface area is 149 Å². The molecule has 1 aromatic heterocycles. The van der Waals surface area contributed by atoms with Gasteiger partial charge in [0.1, 0.15) is 6.04 Å². The Morgan fingerprint density at radius 3 is 2.24 bits per heavy atom. The Hall–Kier alpha value is -1.99. The van der Waals surface area contributed by atoms with Crippen LogP contribution >= 0.6 is 0 Å². The molecule has 2 rings (SSSR count). The average molecular weight is 363 g/mol. The van der Waals surface area contributed by atoms with Crippen molar-refractivity contribution in [3.63, 3.8) is 0 Å². The number of hydrogen-bond acceptors (Lipinski definition) is 4. The lowest BCUT2D eigenvalue weighted by molar-refractivity contribution is 0.0839. The van der Waals surface area contributed by atoms with E-state index in [0.29, 0.717) is 12.1 Å². The minimum absolute atomic E-state index is 0.145. The van der Waals surface area contributed by atoms with Crippen LogP contribution in [0.4, 0.5) is 0 Å². The molecule has 0 aliphatic carbocycles. The van der Waals surface area contributed by atoms with Gasteiger partial charge in [-0.1, -0.05) is 31.5 Å². The number of benzene rings is 1. The largest absolute Gasteiger partial charge is 0.271 e. The molecule has 0 amide bonds. The van der Waals surface area contributed by atoms with Crippen LogP contribution in [0.25, 0.3) is 0 Å². The van der Waals surface area contributed by atoms with Crippen molar-refractivity contribution in [2.24, 2.45) is 5.92 Å². The summed E-state index contributed by atoms with van der Waals surface area (Å²) in [5.74, 6) is -0.221. The molecule has 7 heteroatoms. The van der Waals surface area contributed by atoms with Gasteiger partial charge in [0, 0.05) is 5.69 Å². The van der Waals surface area contributed by atoms with E-state index in [0.717, 1.165) is 11.3 Å². The minimum atomic E-state index is -3.79. The van der Waals surface area contributed by atoms with Gasteiger partial charge < -0.3 is 0 Å². The zero-order chi connectivity index (χ0) is 18.8. The molecule has 0 aliphatic heterocycles. The van der Waals surface area contributed by atoms with Gasteiger partial charge >= 0.3 is 0 Å². The number of hydrogen-bond donors (Lipinski definition) is 1. The lowest BCUT2D eigenvalue weighted by atomic mass is 10.0. The summed E-state index contributed by atoms with van der Waals surface area (Å²) in [6, 6.07) is 7.46. The van der Waals surface area contributed by atoms with Gasteiger partial charge in [0.2, 0.25) is 10.0 Å². The SMILES string of the molecule is Cc1ccc(S(=O)(=O)NC(CC(C)C)C(=O)n2nc(C)cc2C)cc1. The van der Waals surface area contributed by atoms with Crippen molar-refractivity contribution in [1.29, 1.82) is 0 Å². The lowest BCUT2D eigenvalue weighted by Crippen LogP contribution is -2.44. The first-order valence-electron chi connectivity index (χ1n) is 8.26.